The topological polar surface area (TPSA) is 131 Å². The highest BCUT2D eigenvalue weighted by molar-refractivity contribution is 7.89. The molecule has 3 aromatic rings. The number of aromatic nitrogens is 1. The molecule has 188 valence electrons. The first-order valence-electron chi connectivity index (χ1n) is 10.8. The first-order valence-corrected chi connectivity index (χ1v) is 12.3. The standard InChI is InChI=1S/C24H29N3O7S/c1-15(2)22(23(28)26-29)27(35(30,31)20-12-10-19(33-5)11-13-20)14-21-16(3)34-24(25-21)17-6-8-18(32-4)9-7-17/h6-13,15,22,29H,14H2,1-5H3,(H,26,28)/t22-/m1/s1. The molecule has 0 saturated carbocycles. The number of hydroxylamine groups is 1. The first kappa shape index (κ1) is 26.2. The molecule has 0 unspecified atom stereocenters. The molecular formula is C24H29N3O7S. The summed E-state index contributed by atoms with van der Waals surface area (Å²) in [5.41, 5.74) is 2.61. The average Bonchev–Trinajstić information content (AvgIpc) is 3.23. The molecule has 1 heterocycles. The molecule has 2 N–H and O–H groups in total. The van der Waals surface area contributed by atoms with Crippen molar-refractivity contribution in [1.82, 2.24) is 14.8 Å². The third-order valence-electron chi connectivity index (χ3n) is 5.52. The molecule has 0 aliphatic rings. The molecule has 1 atom stereocenters. The minimum absolute atomic E-state index is 0.0359. The number of nitrogens with zero attached hydrogens (tertiary/aromatic N) is 2. The lowest BCUT2D eigenvalue weighted by Gasteiger charge is -2.31. The molecule has 0 saturated heterocycles. The van der Waals surface area contributed by atoms with Crippen LogP contribution in [0.3, 0.4) is 0 Å². The molecule has 1 aromatic heterocycles. The lowest BCUT2D eigenvalue weighted by atomic mass is 10.0. The molecule has 0 aliphatic carbocycles. The summed E-state index contributed by atoms with van der Waals surface area (Å²) in [5.74, 6) is 0.536. The molecule has 35 heavy (non-hydrogen) atoms. The second kappa shape index (κ2) is 10.9. The highest BCUT2D eigenvalue weighted by Crippen LogP contribution is 2.29. The number of sulfonamides is 1. The van der Waals surface area contributed by atoms with Gasteiger partial charge in [0.2, 0.25) is 15.9 Å². The van der Waals surface area contributed by atoms with Crippen LogP contribution >= 0.6 is 0 Å². The molecule has 0 aliphatic heterocycles. The van der Waals surface area contributed by atoms with E-state index in [0.717, 1.165) is 4.31 Å². The lowest BCUT2D eigenvalue weighted by Crippen LogP contribution is -2.51. The number of rotatable bonds is 10. The SMILES string of the molecule is COc1ccc(-c2nc(CN([C@@H](C(=O)NO)C(C)C)S(=O)(=O)c3ccc(OC)cc3)c(C)o2)cc1. The molecule has 1 amide bonds. The maximum absolute atomic E-state index is 13.7. The van der Waals surface area contributed by atoms with E-state index in [4.69, 9.17) is 13.9 Å². The molecule has 0 fully saturated rings. The summed E-state index contributed by atoms with van der Waals surface area (Å²) in [5, 5.41) is 9.34. The minimum Gasteiger partial charge on any atom is -0.497 e. The highest BCUT2D eigenvalue weighted by atomic mass is 32.2. The van der Waals surface area contributed by atoms with Crippen LogP contribution in [0.2, 0.25) is 0 Å². The van der Waals surface area contributed by atoms with Gasteiger partial charge in [0.25, 0.3) is 5.91 Å². The van der Waals surface area contributed by atoms with Crippen LogP contribution in [0.5, 0.6) is 11.5 Å². The van der Waals surface area contributed by atoms with Gasteiger partial charge in [0, 0.05) is 5.56 Å². The Hall–Kier alpha value is -3.41. The van der Waals surface area contributed by atoms with Gasteiger partial charge < -0.3 is 13.9 Å². The van der Waals surface area contributed by atoms with Gasteiger partial charge in [-0.3, -0.25) is 10.0 Å². The van der Waals surface area contributed by atoms with E-state index in [1.54, 1.807) is 57.6 Å². The van der Waals surface area contributed by atoms with Gasteiger partial charge in [-0.05, 0) is 61.4 Å². The average molecular weight is 504 g/mol. The zero-order valence-electron chi connectivity index (χ0n) is 20.2. The van der Waals surface area contributed by atoms with Gasteiger partial charge in [-0.2, -0.15) is 4.31 Å². The van der Waals surface area contributed by atoms with Crippen molar-refractivity contribution in [2.75, 3.05) is 14.2 Å². The van der Waals surface area contributed by atoms with Gasteiger partial charge in [0.1, 0.15) is 23.3 Å². The van der Waals surface area contributed by atoms with Crippen LogP contribution in [0.25, 0.3) is 11.5 Å². The minimum atomic E-state index is -4.20. The number of oxazole rings is 1. The smallest absolute Gasteiger partial charge is 0.262 e. The zero-order chi connectivity index (χ0) is 25.8. The second-order valence-electron chi connectivity index (χ2n) is 8.14. The zero-order valence-corrected chi connectivity index (χ0v) is 21.0. The number of nitrogens with one attached hydrogen (secondary N) is 1. The molecule has 3 rings (SSSR count). The van der Waals surface area contributed by atoms with E-state index in [2.05, 4.69) is 4.98 Å². The fraction of sp³-hybridized carbons (Fsp3) is 0.333. The van der Waals surface area contributed by atoms with Crippen molar-refractivity contribution in [2.24, 2.45) is 5.92 Å². The monoisotopic (exact) mass is 503 g/mol. The normalized spacial score (nSPS) is 12.6. The predicted octanol–water partition coefficient (Wildman–Crippen LogP) is 3.39. The van der Waals surface area contributed by atoms with Crippen molar-refractivity contribution < 1.29 is 32.3 Å². The Balaban J connectivity index is 2.05. The van der Waals surface area contributed by atoms with Crippen LogP contribution in [0.15, 0.2) is 57.8 Å². The lowest BCUT2D eigenvalue weighted by molar-refractivity contribution is -0.134. The highest BCUT2D eigenvalue weighted by Gasteiger charge is 2.39. The molecule has 11 heteroatoms. The van der Waals surface area contributed by atoms with Gasteiger partial charge in [-0.25, -0.2) is 18.9 Å². The van der Waals surface area contributed by atoms with Crippen LogP contribution < -0.4 is 15.0 Å². The van der Waals surface area contributed by atoms with Crippen molar-refractivity contribution >= 4 is 15.9 Å². The van der Waals surface area contributed by atoms with Crippen molar-refractivity contribution in [3.8, 4) is 23.0 Å². The Morgan fingerprint density at radius 2 is 1.60 bits per heavy atom. The van der Waals surface area contributed by atoms with Crippen LogP contribution in [0.1, 0.15) is 25.3 Å². The number of benzene rings is 2. The van der Waals surface area contributed by atoms with Crippen LogP contribution in [-0.2, 0) is 21.4 Å². The number of hydrogen-bond donors (Lipinski definition) is 2. The van der Waals surface area contributed by atoms with E-state index in [1.165, 1.54) is 31.4 Å². The largest absolute Gasteiger partial charge is 0.497 e. The molecular weight excluding hydrogens is 474 g/mol. The maximum atomic E-state index is 13.7. The van der Waals surface area contributed by atoms with E-state index >= 15 is 0 Å². The van der Waals surface area contributed by atoms with E-state index in [9.17, 15) is 18.4 Å². The number of amides is 1. The number of carbonyl (C=O) groups excluding carboxylic acids is 1. The predicted molar refractivity (Wildman–Crippen MR) is 128 cm³/mol. The van der Waals surface area contributed by atoms with Crippen molar-refractivity contribution in [2.45, 2.75) is 38.3 Å². The Morgan fingerprint density at radius 1 is 1.06 bits per heavy atom. The van der Waals surface area contributed by atoms with E-state index in [0.29, 0.717) is 34.4 Å². The first-order chi connectivity index (χ1) is 16.6. The molecule has 0 radical (unpaired) electrons. The van der Waals surface area contributed by atoms with Gasteiger partial charge in [-0.15, -0.1) is 0 Å². The Kier molecular flexibility index (Phi) is 8.15. The third kappa shape index (κ3) is 5.64. The van der Waals surface area contributed by atoms with Crippen molar-refractivity contribution in [3.05, 3.63) is 60.0 Å². The summed E-state index contributed by atoms with van der Waals surface area (Å²) >= 11 is 0. The number of ether oxygens (including phenoxy) is 2. The fourth-order valence-electron chi connectivity index (χ4n) is 3.63. The van der Waals surface area contributed by atoms with Gasteiger partial charge >= 0.3 is 0 Å². The summed E-state index contributed by atoms with van der Waals surface area (Å²) in [6, 6.07) is 11.7. The van der Waals surface area contributed by atoms with E-state index < -0.39 is 27.9 Å². The van der Waals surface area contributed by atoms with Crippen molar-refractivity contribution in [3.63, 3.8) is 0 Å². The van der Waals surface area contributed by atoms with Gasteiger partial charge in [-0.1, -0.05) is 13.8 Å². The quantitative estimate of drug-likeness (QED) is 0.318. The summed E-state index contributed by atoms with van der Waals surface area (Å²) in [7, 11) is -1.16. The summed E-state index contributed by atoms with van der Waals surface area (Å²) < 4.78 is 44.5. The van der Waals surface area contributed by atoms with Gasteiger partial charge in [0.15, 0.2) is 0 Å². The summed E-state index contributed by atoms with van der Waals surface area (Å²) in [6.45, 7) is 4.80. The number of methoxy groups -OCH3 is 2. The third-order valence-corrected chi connectivity index (χ3v) is 7.36. The van der Waals surface area contributed by atoms with Crippen molar-refractivity contribution in [1.29, 1.82) is 0 Å². The number of aryl methyl sites for hydroxylation is 1. The molecule has 0 spiro atoms. The maximum Gasteiger partial charge on any atom is 0.262 e. The van der Waals surface area contributed by atoms with Crippen LogP contribution in [0, 0.1) is 12.8 Å². The van der Waals surface area contributed by atoms with Gasteiger partial charge in [0.05, 0.1) is 31.4 Å². The fourth-order valence-corrected chi connectivity index (χ4v) is 5.31. The molecule has 2 aromatic carbocycles. The Bertz CT molecular complexity index is 1250. The molecule has 0 bridgehead atoms. The van der Waals surface area contributed by atoms with Crippen LogP contribution in [0.4, 0.5) is 0 Å². The Morgan fingerprint density at radius 3 is 2.09 bits per heavy atom. The molecule has 10 nitrogen and oxygen atoms in total. The summed E-state index contributed by atoms with van der Waals surface area (Å²) in [4.78, 5) is 17.1. The number of hydrogen-bond acceptors (Lipinski definition) is 8. The summed E-state index contributed by atoms with van der Waals surface area (Å²) in [6.07, 6.45) is 0. The number of carbonyl (C=O) groups is 1. The second-order valence-corrected chi connectivity index (χ2v) is 10.0. The van der Waals surface area contributed by atoms with Crippen LogP contribution in [-0.4, -0.2) is 49.1 Å². The van der Waals surface area contributed by atoms with E-state index in [-0.39, 0.29) is 11.4 Å². The van der Waals surface area contributed by atoms with E-state index in [1.807, 2.05) is 0 Å². The Labute approximate surface area is 204 Å².